The van der Waals surface area contributed by atoms with Crippen molar-refractivity contribution in [1.29, 1.82) is 0 Å². The van der Waals surface area contributed by atoms with E-state index in [0.717, 1.165) is 15.6 Å². The van der Waals surface area contributed by atoms with Crippen molar-refractivity contribution in [3.63, 3.8) is 0 Å². The molecular formula is C16H16BrClO. The molecule has 100 valence electrons. The highest BCUT2D eigenvalue weighted by Crippen LogP contribution is 2.27. The zero-order valence-electron chi connectivity index (χ0n) is 11.0. The third-order valence-corrected chi connectivity index (χ3v) is 4.56. The van der Waals surface area contributed by atoms with E-state index in [0.29, 0.717) is 11.4 Å². The third kappa shape index (κ3) is 3.59. The van der Waals surface area contributed by atoms with Gasteiger partial charge in [-0.15, -0.1) is 0 Å². The molecule has 1 N–H and O–H groups in total. The fraction of sp³-hybridized carbons (Fsp3) is 0.250. The van der Waals surface area contributed by atoms with Crippen LogP contribution < -0.4 is 0 Å². The zero-order chi connectivity index (χ0) is 14.0. The van der Waals surface area contributed by atoms with Crippen molar-refractivity contribution in [3.8, 4) is 0 Å². The Morgan fingerprint density at radius 3 is 2.47 bits per heavy atom. The molecule has 0 saturated carbocycles. The normalized spacial score (nSPS) is 12.5. The van der Waals surface area contributed by atoms with Gasteiger partial charge in [-0.25, -0.2) is 0 Å². The molecule has 0 aromatic heterocycles. The lowest BCUT2D eigenvalue weighted by molar-refractivity contribution is 0.178. The van der Waals surface area contributed by atoms with Crippen molar-refractivity contribution in [2.75, 3.05) is 0 Å². The summed E-state index contributed by atoms with van der Waals surface area (Å²) >= 11 is 9.40. The Balaban J connectivity index is 2.17. The van der Waals surface area contributed by atoms with Crippen LogP contribution in [0.2, 0.25) is 5.02 Å². The molecule has 1 nitrogen and oxygen atoms in total. The second kappa shape index (κ2) is 6.08. The molecule has 0 amide bonds. The van der Waals surface area contributed by atoms with Crippen LogP contribution in [0.25, 0.3) is 0 Å². The molecule has 3 heteroatoms. The van der Waals surface area contributed by atoms with Gasteiger partial charge < -0.3 is 5.11 Å². The summed E-state index contributed by atoms with van der Waals surface area (Å²) in [7, 11) is 0. The maximum absolute atomic E-state index is 10.3. The number of halogens is 2. The lowest BCUT2D eigenvalue weighted by Crippen LogP contribution is -2.02. The molecule has 2 rings (SSSR count). The predicted octanol–water partition coefficient (Wildman–Crippen LogP) is 5.00. The Bertz CT molecular complexity index is 595. The van der Waals surface area contributed by atoms with Crippen molar-refractivity contribution < 1.29 is 5.11 Å². The second-order valence-corrected chi connectivity index (χ2v) is 6.07. The van der Waals surface area contributed by atoms with Crippen molar-refractivity contribution in [2.24, 2.45) is 0 Å². The van der Waals surface area contributed by atoms with Crippen LogP contribution in [-0.2, 0) is 6.42 Å². The van der Waals surface area contributed by atoms with E-state index in [2.05, 4.69) is 48.0 Å². The van der Waals surface area contributed by atoms with Gasteiger partial charge in [-0.1, -0.05) is 35.9 Å². The van der Waals surface area contributed by atoms with Crippen molar-refractivity contribution in [3.05, 3.63) is 68.1 Å². The molecule has 1 unspecified atom stereocenters. The van der Waals surface area contributed by atoms with Crippen LogP contribution in [-0.4, -0.2) is 5.11 Å². The van der Waals surface area contributed by atoms with Gasteiger partial charge >= 0.3 is 0 Å². The fourth-order valence-electron chi connectivity index (χ4n) is 1.99. The highest BCUT2D eigenvalue weighted by atomic mass is 79.9. The highest BCUT2D eigenvalue weighted by molar-refractivity contribution is 9.10. The summed E-state index contributed by atoms with van der Waals surface area (Å²) in [6.45, 7) is 4.17. The standard InChI is InChI=1S/C16H16BrClO/c1-10-3-4-12(7-11(10)2)8-16(19)13-5-6-14(17)15(18)9-13/h3-7,9,16,19H,8H2,1-2H3. The molecule has 0 bridgehead atoms. The van der Waals surface area contributed by atoms with Gasteiger partial charge in [0.2, 0.25) is 0 Å². The Morgan fingerprint density at radius 1 is 1.11 bits per heavy atom. The van der Waals surface area contributed by atoms with E-state index in [1.165, 1.54) is 11.1 Å². The smallest absolute Gasteiger partial charge is 0.0830 e. The van der Waals surface area contributed by atoms with Gasteiger partial charge in [0.25, 0.3) is 0 Å². The molecule has 0 aliphatic carbocycles. The summed E-state index contributed by atoms with van der Waals surface area (Å²) in [6.07, 6.45) is 0.0618. The lowest BCUT2D eigenvalue weighted by Gasteiger charge is -2.13. The molecule has 19 heavy (non-hydrogen) atoms. The van der Waals surface area contributed by atoms with Crippen molar-refractivity contribution >= 4 is 27.5 Å². The van der Waals surface area contributed by atoms with Gasteiger partial charge in [-0.3, -0.25) is 0 Å². The predicted molar refractivity (Wildman–Crippen MR) is 83.7 cm³/mol. The van der Waals surface area contributed by atoms with Crippen LogP contribution in [0.5, 0.6) is 0 Å². The molecule has 0 aliphatic rings. The lowest BCUT2D eigenvalue weighted by atomic mass is 9.98. The number of rotatable bonds is 3. The fourth-order valence-corrected chi connectivity index (χ4v) is 2.43. The number of benzene rings is 2. The number of aryl methyl sites for hydroxylation is 2. The summed E-state index contributed by atoms with van der Waals surface area (Å²) in [4.78, 5) is 0. The number of hydrogen-bond acceptors (Lipinski definition) is 1. The summed E-state index contributed by atoms with van der Waals surface area (Å²) in [5.74, 6) is 0. The monoisotopic (exact) mass is 338 g/mol. The number of aliphatic hydroxyl groups is 1. The molecule has 2 aromatic carbocycles. The SMILES string of the molecule is Cc1ccc(CC(O)c2ccc(Br)c(Cl)c2)cc1C. The third-order valence-electron chi connectivity index (χ3n) is 3.33. The largest absolute Gasteiger partial charge is 0.388 e. The average Bonchev–Trinajstić information content (AvgIpc) is 2.37. The van der Waals surface area contributed by atoms with Crippen LogP contribution in [0.15, 0.2) is 40.9 Å². The molecule has 2 aromatic rings. The quantitative estimate of drug-likeness (QED) is 0.834. The topological polar surface area (TPSA) is 20.2 Å². The average molecular weight is 340 g/mol. The Labute approximate surface area is 127 Å². The molecule has 0 spiro atoms. The van der Waals surface area contributed by atoms with E-state index in [1.807, 2.05) is 12.1 Å². The molecule has 0 aliphatic heterocycles. The Hall–Kier alpha value is -0.830. The van der Waals surface area contributed by atoms with Crippen LogP contribution >= 0.6 is 27.5 Å². The van der Waals surface area contributed by atoms with Crippen molar-refractivity contribution in [2.45, 2.75) is 26.4 Å². The summed E-state index contributed by atoms with van der Waals surface area (Å²) in [6, 6.07) is 11.8. The van der Waals surface area contributed by atoms with E-state index in [-0.39, 0.29) is 0 Å². The van der Waals surface area contributed by atoms with Gasteiger partial charge in [0.15, 0.2) is 0 Å². The van der Waals surface area contributed by atoms with Gasteiger partial charge in [0.1, 0.15) is 0 Å². The first-order valence-electron chi connectivity index (χ1n) is 6.16. The minimum Gasteiger partial charge on any atom is -0.388 e. The maximum Gasteiger partial charge on any atom is 0.0830 e. The van der Waals surface area contributed by atoms with E-state index >= 15 is 0 Å². The first-order valence-corrected chi connectivity index (χ1v) is 7.33. The Kier molecular flexibility index (Phi) is 4.67. The molecule has 0 saturated heterocycles. The van der Waals surface area contributed by atoms with E-state index < -0.39 is 6.10 Å². The Morgan fingerprint density at radius 2 is 1.84 bits per heavy atom. The maximum atomic E-state index is 10.3. The van der Waals surface area contributed by atoms with E-state index in [4.69, 9.17) is 11.6 Å². The van der Waals surface area contributed by atoms with Crippen LogP contribution in [0.3, 0.4) is 0 Å². The van der Waals surface area contributed by atoms with Gasteiger partial charge in [0.05, 0.1) is 11.1 Å². The molecule has 1 atom stereocenters. The minimum absolute atomic E-state index is 0.535. The van der Waals surface area contributed by atoms with Crippen LogP contribution in [0.4, 0.5) is 0 Å². The van der Waals surface area contributed by atoms with Gasteiger partial charge in [0, 0.05) is 10.9 Å². The molecule has 0 heterocycles. The van der Waals surface area contributed by atoms with Gasteiger partial charge in [-0.05, 0) is 64.2 Å². The number of hydrogen-bond donors (Lipinski definition) is 1. The molecular weight excluding hydrogens is 324 g/mol. The van der Waals surface area contributed by atoms with Crippen LogP contribution in [0, 0.1) is 13.8 Å². The van der Waals surface area contributed by atoms with Crippen molar-refractivity contribution in [1.82, 2.24) is 0 Å². The molecule has 0 fully saturated rings. The first-order chi connectivity index (χ1) is 8.97. The summed E-state index contributed by atoms with van der Waals surface area (Å²) < 4.78 is 0.844. The summed E-state index contributed by atoms with van der Waals surface area (Å²) in [5.41, 5.74) is 4.49. The van der Waals surface area contributed by atoms with E-state index in [1.54, 1.807) is 6.07 Å². The van der Waals surface area contributed by atoms with Gasteiger partial charge in [-0.2, -0.15) is 0 Å². The second-order valence-electron chi connectivity index (χ2n) is 4.81. The number of aliphatic hydroxyl groups excluding tert-OH is 1. The highest BCUT2D eigenvalue weighted by Gasteiger charge is 2.10. The minimum atomic E-state index is -0.535. The van der Waals surface area contributed by atoms with Crippen LogP contribution in [0.1, 0.15) is 28.4 Å². The first kappa shape index (κ1) is 14.6. The van der Waals surface area contributed by atoms with E-state index in [9.17, 15) is 5.11 Å². The zero-order valence-corrected chi connectivity index (χ0v) is 13.3. The summed E-state index contributed by atoms with van der Waals surface area (Å²) in [5, 5.41) is 10.9. The molecule has 0 radical (unpaired) electrons.